The maximum Gasteiger partial charge on any atom is 0.227 e. The van der Waals surface area contributed by atoms with Crippen molar-refractivity contribution in [1.29, 1.82) is 0 Å². The van der Waals surface area contributed by atoms with Crippen molar-refractivity contribution in [2.75, 3.05) is 12.4 Å². The van der Waals surface area contributed by atoms with Gasteiger partial charge in [0.25, 0.3) is 0 Å². The molecule has 0 saturated heterocycles. The van der Waals surface area contributed by atoms with E-state index in [1.165, 1.54) is 31.2 Å². The molecule has 1 saturated carbocycles. The van der Waals surface area contributed by atoms with Gasteiger partial charge in [-0.3, -0.25) is 0 Å². The third-order valence-corrected chi connectivity index (χ3v) is 5.16. The molecular weight excluding hydrogens is 298 g/mol. The van der Waals surface area contributed by atoms with Crippen LogP contribution in [0.5, 0.6) is 0 Å². The molecule has 0 bridgehead atoms. The van der Waals surface area contributed by atoms with Crippen LogP contribution in [0.15, 0.2) is 48.4 Å². The summed E-state index contributed by atoms with van der Waals surface area (Å²) >= 11 is 0. The van der Waals surface area contributed by atoms with E-state index in [9.17, 15) is 0 Å². The van der Waals surface area contributed by atoms with E-state index < -0.39 is 0 Å². The maximum absolute atomic E-state index is 5.71. The molecule has 24 heavy (non-hydrogen) atoms. The van der Waals surface area contributed by atoms with Crippen LogP contribution >= 0.6 is 0 Å². The Morgan fingerprint density at radius 1 is 1.12 bits per heavy atom. The third kappa shape index (κ3) is 2.88. The van der Waals surface area contributed by atoms with Gasteiger partial charge in [-0.05, 0) is 49.0 Å². The lowest BCUT2D eigenvalue weighted by molar-refractivity contribution is 0.232. The highest BCUT2D eigenvalue weighted by Gasteiger charge is 2.35. The first-order valence-corrected chi connectivity index (χ1v) is 8.77. The third-order valence-electron chi connectivity index (χ3n) is 5.16. The van der Waals surface area contributed by atoms with Crippen molar-refractivity contribution in [3.05, 3.63) is 59.6 Å². The Morgan fingerprint density at radius 2 is 1.92 bits per heavy atom. The molecule has 2 aliphatic rings. The number of aromatic nitrogens is 2. The van der Waals surface area contributed by atoms with Gasteiger partial charge < -0.3 is 10.1 Å². The van der Waals surface area contributed by atoms with Crippen LogP contribution in [0.2, 0.25) is 0 Å². The van der Waals surface area contributed by atoms with E-state index in [0.717, 1.165) is 23.6 Å². The zero-order chi connectivity index (χ0) is 16.4. The molecule has 1 aromatic carbocycles. The van der Waals surface area contributed by atoms with E-state index in [4.69, 9.17) is 9.72 Å². The number of hydrogen-bond donors (Lipinski definition) is 1. The molecule has 1 N–H and O–H groups in total. The molecule has 4 nitrogen and oxygen atoms in total. The fourth-order valence-corrected chi connectivity index (χ4v) is 3.99. The Morgan fingerprint density at radius 3 is 2.67 bits per heavy atom. The van der Waals surface area contributed by atoms with E-state index in [2.05, 4.69) is 16.4 Å². The summed E-state index contributed by atoms with van der Waals surface area (Å²) in [5.41, 5.74) is 3.38. The van der Waals surface area contributed by atoms with Crippen molar-refractivity contribution >= 4 is 11.6 Å². The standard InChI is InChI=1S/C20H23N3O/c1-24-17-12-11-15-13-21-20(22-16-9-3-2-4-10-16)23-19(15)18(17)14-7-5-6-8-14/h2-4,9-10,12-14,18H,5-8,11H2,1H3,(H,21,22,23). The lowest BCUT2D eigenvalue weighted by Crippen LogP contribution is -2.21. The second-order valence-corrected chi connectivity index (χ2v) is 6.63. The van der Waals surface area contributed by atoms with Crippen molar-refractivity contribution in [2.24, 2.45) is 5.92 Å². The fraction of sp³-hybridized carbons (Fsp3) is 0.400. The molecular formula is C20H23N3O. The number of hydrogen-bond acceptors (Lipinski definition) is 4. The first-order chi connectivity index (χ1) is 11.8. The number of allylic oxidation sites excluding steroid dienone is 2. The molecule has 0 aliphatic heterocycles. The van der Waals surface area contributed by atoms with Crippen molar-refractivity contribution in [3.63, 3.8) is 0 Å². The SMILES string of the molecule is COC1=CCc2cnc(Nc3ccccc3)nc2C1C1CCCC1. The molecule has 1 heterocycles. The molecule has 1 fully saturated rings. The lowest BCUT2D eigenvalue weighted by atomic mass is 9.81. The van der Waals surface area contributed by atoms with Crippen molar-refractivity contribution in [3.8, 4) is 0 Å². The highest BCUT2D eigenvalue weighted by molar-refractivity contribution is 5.53. The number of nitrogens with one attached hydrogen (secondary N) is 1. The van der Waals surface area contributed by atoms with Crippen LogP contribution in [-0.4, -0.2) is 17.1 Å². The van der Waals surface area contributed by atoms with E-state index in [0.29, 0.717) is 11.9 Å². The summed E-state index contributed by atoms with van der Waals surface area (Å²) in [5.74, 6) is 2.66. The minimum absolute atomic E-state index is 0.278. The van der Waals surface area contributed by atoms with Crippen LogP contribution in [-0.2, 0) is 11.2 Å². The average Bonchev–Trinajstić information content (AvgIpc) is 3.15. The number of rotatable bonds is 4. The number of ether oxygens (including phenoxy) is 1. The van der Waals surface area contributed by atoms with E-state index in [1.807, 2.05) is 36.5 Å². The van der Waals surface area contributed by atoms with Gasteiger partial charge in [-0.25, -0.2) is 9.97 Å². The Bertz CT molecular complexity index is 736. The lowest BCUT2D eigenvalue weighted by Gasteiger charge is -2.29. The summed E-state index contributed by atoms with van der Waals surface area (Å²) in [7, 11) is 1.78. The minimum Gasteiger partial charge on any atom is -0.501 e. The molecule has 0 spiro atoms. The second kappa shape index (κ2) is 6.63. The summed E-state index contributed by atoms with van der Waals surface area (Å²) in [5, 5.41) is 3.32. The molecule has 2 aromatic rings. The smallest absolute Gasteiger partial charge is 0.227 e. The summed E-state index contributed by atoms with van der Waals surface area (Å²) in [4.78, 5) is 9.40. The topological polar surface area (TPSA) is 47.0 Å². The van der Waals surface area contributed by atoms with Crippen LogP contribution < -0.4 is 5.32 Å². The van der Waals surface area contributed by atoms with Gasteiger partial charge in [0.1, 0.15) is 5.76 Å². The molecule has 0 amide bonds. The zero-order valence-electron chi connectivity index (χ0n) is 14.0. The number of para-hydroxylation sites is 1. The van der Waals surface area contributed by atoms with Crippen molar-refractivity contribution in [1.82, 2.24) is 9.97 Å². The Hall–Kier alpha value is -2.36. The highest BCUT2D eigenvalue weighted by Crippen LogP contribution is 2.44. The molecule has 0 radical (unpaired) electrons. The molecule has 124 valence electrons. The second-order valence-electron chi connectivity index (χ2n) is 6.63. The van der Waals surface area contributed by atoms with E-state index >= 15 is 0 Å². The van der Waals surface area contributed by atoms with Crippen LogP contribution in [0, 0.1) is 5.92 Å². The molecule has 2 aliphatic carbocycles. The van der Waals surface area contributed by atoms with E-state index in [1.54, 1.807) is 7.11 Å². The Balaban J connectivity index is 1.67. The summed E-state index contributed by atoms with van der Waals surface area (Å²) in [6, 6.07) is 10.1. The molecule has 1 aromatic heterocycles. The number of fused-ring (bicyclic) bond motifs is 1. The van der Waals surface area contributed by atoms with Gasteiger partial charge in [0.15, 0.2) is 0 Å². The summed E-state index contributed by atoms with van der Waals surface area (Å²) in [6.45, 7) is 0. The van der Waals surface area contributed by atoms with Gasteiger partial charge in [-0.1, -0.05) is 31.0 Å². The fourth-order valence-electron chi connectivity index (χ4n) is 3.99. The van der Waals surface area contributed by atoms with Gasteiger partial charge in [0.2, 0.25) is 5.95 Å². The van der Waals surface area contributed by atoms with Gasteiger partial charge in [0.05, 0.1) is 18.7 Å². The van der Waals surface area contributed by atoms with Crippen LogP contribution in [0.4, 0.5) is 11.6 Å². The van der Waals surface area contributed by atoms with Crippen molar-refractivity contribution in [2.45, 2.75) is 38.0 Å². The van der Waals surface area contributed by atoms with Gasteiger partial charge in [0, 0.05) is 11.9 Å². The van der Waals surface area contributed by atoms with Crippen LogP contribution in [0.25, 0.3) is 0 Å². The largest absolute Gasteiger partial charge is 0.501 e. The number of benzene rings is 1. The number of anilines is 2. The molecule has 1 unspecified atom stereocenters. The molecule has 4 heteroatoms. The predicted molar refractivity (Wildman–Crippen MR) is 95.3 cm³/mol. The number of methoxy groups -OCH3 is 1. The van der Waals surface area contributed by atoms with Crippen LogP contribution in [0.3, 0.4) is 0 Å². The molecule has 1 atom stereocenters. The first-order valence-electron chi connectivity index (χ1n) is 8.77. The Labute approximate surface area is 143 Å². The van der Waals surface area contributed by atoms with Gasteiger partial charge in [-0.2, -0.15) is 0 Å². The van der Waals surface area contributed by atoms with Gasteiger partial charge in [-0.15, -0.1) is 0 Å². The Kier molecular flexibility index (Phi) is 4.20. The van der Waals surface area contributed by atoms with E-state index in [-0.39, 0.29) is 5.92 Å². The first kappa shape index (κ1) is 15.2. The monoisotopic (exact) mass is 321 g/mol. The number of nitrogens with zero attached hydrogens (tertiary/aromatic N) is 2. The summed E-state index contributed by atoms with van der Waals surface area (Å²) < 4.78 is 5.71. The minimum atomic E-state index is 0.278. The maximum atomic E-state index is 5.71. The summed E-state index contributed by atoms with van der Waals surface area (Å²) in [6.07, 6.45) is 10.2. The quantitative estimate of drug-likeness (QED) is 0.895. The normalized spacial score (nSPS) is 20.4. The highest BCUT2D eigenvalue weighted by atomic mass is 16.5. The molecule has 4 rings (SSSR count). The zero-order valence-corrected chi connectivity index (χ0v) is 14.0. The average molecular weight is 321 g/mol. The predicted octanol–water partition coefficient (Wildman–Crippen LogP) is 4.58. The van der Waals surface area contributed by atoms with Crippen LogP contribution in [0.1, 0.15) is 42.9 Å². The van der Waals surface area contributed by atoms with Crippen molar-refractivity contribution < 1.29 is 4.74 Å². The van der Waals surface area contributed by atoms with Gasteiger partial charge >= 0.3 is 0 Å².